The summed E-state index contributed by atoms with van der Waals surface area (Å²) in [7, 11) is 0. The van der Waals surface area contributed by atoms with Gasteiger partial charge in [-0.25, -0.2) is 4.39 Å². The Kier molecular flexibility index (Phi) is 7.31. The molecule has 1 nitrogen and oxygen atoms in total. The molecule has 0 N–H and O–H groups in total. The van der Waals surface area contributed by atoms with E-state index in [4.69, 9.17) is 0 Å². The standard InChI is InChI=1S/C26H37F3O/c1-17-2-4-18(5-3-17)6-7-19-8-9-21-15-22(11-10-20(21)14-19)23-12-13-25(24(27)16-23)30-26(28)29/h12-13,16-22,26H,2-11,14-15H2,1H3. The van der Waals surface area contributed by atoms with E-state index in [1.165, 1.54) is 76.3 Å². The fourth-order valence-electron chi connectivity index (χ4n) is 6.60. The van der Waals surface area contributed by atoms with Crippen LogP contribution >= 0.6 is 0 Å². The molecule has 4 unspecified atom stereocenters. The first-order valence-corrected chi connectivity index (χ1v) is 12.2. The maximum Gasteiger partial charge on any atom is 0.387 e. The molecule has 0 bridgehead atoms. The fraction of sp³-hybridized carbons (Fsp3) is 0.769. The van der Waals surface area contributed by atoms with Gasteiger partial charge in [-0.3, -0.25) is 0 Å². The van der Waals surface area contributed by atoms with Crippen LogP contribution in [-0.2, 0) is 0 Å². The molecule has 3 fully saturated rings. The van der Waals surface area contributed by atoms with Crippen LogP contribution in [0.2, 0.25) is 0 Å². The van der Waals surface area contributed by atoms with Gasteiger partial charge < -0.3 is 4.74 Å². The third-order valence-electron chi connectivity index (χ3n) is 8.48. The molecular weight excluding hydrogens is 385 g/mol. The third-order valence-corrected chi connectivity index (χ3v) is 8.48. The van der Waals surface area contributed by atoms with E-state index >= 15 is 0 Å². The highest BCUT2D eigenvalue weighted by Crippen LogP contribution is 2.49. The molecule has 0 aromatic heterocycles. The number of rotatable bonds is 6. The highest BCUT2D eigenvalue weighted by molar-refractivity contribution is 5.31. The lowest BCUT2D eigenvalue weighted by molar-refractivity contribution is -0.0522. The summed E-state index contributed by atoms with van der Waals surface area (Å²) in [6.45, 7) is -0.592. The summed E-state index contributed by atoms with van der Waals surface area (Å²) in [5, 5.41) is 0. The molecule has 4 atom stereocenters. The molecule has 0 aliphatic heterocycles. The van der Waals surface area contributed by atoms with Crippen molar-refractivity contribution in [3.05, 3.63) is 29.6 Å². The van der Waals surface area contributed by atoms with Crippen LogP contribution in [0.15, 0.2) is 18.2 Å². The average Bonchev–Trinajstić information content (AvgIpc) is 2.74. The predicted octanol–water partition coefficient (Wildman–Crippen LogP) is 8.33. The van der Waals surface area contributed by atoms with Crippen molar-refractivity contribution in [2.45, 2.75) is 96.5 Å². The Bertz CT molecular complexity index is 683. The summed E-state index contributed by atoms with van der Waals surface area (Å²) in [5.74, 6) is 3.72. The van der Waals surface area contributed by atoms with Crippen LogP contribution in [0.5, 0.6) is 5.75 Å². The van der Waals surface area contributed by atoms with Gasteiger partial charge in [0.05, 0.1) is 0 Å². The van der Waals surface area contributed by atoms with Crippen LogP contribution in [0, 0.1) is 35.4 Å². The average molecular weight is 423 g/mol. The van der Waals surface area contributed by atoms with Crippen molar-refractivity contribution in [3.8, 4) is 5.75 Å². The molecule has 30 heavy (non-hydrogen) atoms. The number of fused-ring (bicyclic) bond motifs is 1. The quantitative estimate of drug-likeness (QED) is 0.448. The summed E-state index contributed by atoms with van der Waals surface area (Å²) < 4.78 is 43.1. The van der Waals surface area contributed by atoms with E-state index in [0.29, 0.717) is 5.92 Å². The van der Waals surface area contributed by atoms with Gasteiger partial charge in [-0.1, -0.05) is 57.9 Å². The van der Waals surface area contributed by atoms with Crippen molar-refractivity contribution in [3.63, 3.8) is 0 Å². The Hall–Kier alpha value is -1.19. The Morgan fingerprint density at radius 2 is 1.53 bits per heavy atom. The Balaban J connectivity index is 1.26. The Labute approximate surface area is 179 Å². The molecule has 0 amide bonds. The first-order chi connectivity index (χ1) is 14.5. The Morgan fingerprint density at radius 1 is 0.867 bits per heavy atom. The van der Waals surface area contributed by atoms with Gasteiger partial charge in [0, 0.05) is 0 Å². The second-order valence-corrected chi connectivity index (χ2v) is 10.5. The monoisotopic (exact) mass is 422 g/mol. The van der Waals surface area contributed by atoms with Crippen LogP contribution in [0.4, 0.5) is 13.2 Å². The van der Waals surface area contributed by atoms with Crippen molar-refractivity contribution in [2.24, 2.45) is 29.6 Å². The van der Waals surface area contributed by atoms with Gasteiger partial charge in [0.15, 0.2) is 11.6 Å². The van der Waals surface area contributed by atoms with E-state index in [0.717, 1.165) is 48.0 Å². The lowest BCUT2D eigenvalue weighted by Crippen LogP contribution is -2.30. The predicted molar refractivity (Wildman–Crippen MR) is 114 cm³/mol. The van der Waals surface area contributed by atoms with E-state index in [9.17, 15) is 13.2 Å². The molecule has 0 radical (unpaired) electrons. The van der Waals surface area contributed by atoms with E-state index < -0.39 is 12.4 Å². The number of alkyl halides is 2. The van der Waals surface area contributed by atoms with Crippen LogP contribution in [0.25, 0.3) is 0 Å². The van der Waals surface area contributed by atoms with E-state index in [2.05, 4.69) is 11.7 Å². The van der Waals surface area contributed by atoms with Crippen molar-refractivity contribution in [1.29, 1.82) is 0 Å². The molecule has 1 aromatic carbocycles. The molecule has 0 spiro atoms. The van der Waals surface area contributed by atoms with Crippen LogP contribution in [0.3, 0.4) is 0 Å². The molecule has 3 aliphatic carbocycles. The summed E-state index contributed by atoms with van der Waals surface area (Å²) in [4.78, 5) is 0. The zero-order chi connectivity index (χ0) is 21.1. The van der Waals surface area contributed by atoms with E-state index in [-0.39, 0.29) is 5.75 Å². The first kappa shape index (κ1) is 22.0. The molecule has 0 heterocycles. The lowest BCUT2D eigenvalue weighted by atomic mass is 9.63. The molecule has 168 valence electrons. The van der Waals surface area contributed by atoms with Crippen LogP contribution < -0.4 is 4.74 Å². The first-order valence-electron chi connectivity index (χ1n) is 12.2. The summed E-state index contributed by atoms with van der Waals surface area (Å²) in [5.41, 5.74) is 0.946. The zero-order valence-corrected chi connectivity index (χ0v) is 18.3. The van der Waals surface area contributed by atoms with Crippen LogP contribution in [0.1, 0.15) is 95.5 Å². The molecule has 0 saturated heterocycles. The topological polar surface area (TPSA) is 9.23 Å². The van der Waals surface area contributed by atoms with Gasteiger partial charge in [-0.2, -0.15) is 8.78 Å². The normalized spacial score (nSPS) is 34.6. The van der Waals surface area contributed by atoms with Crippen LogP contribution in [-0.4, -0.2) is 6.61 Å². The SMILES string of the molecule is CC1CCC(CCC2CCC3CC(c4ccc(OC(F)F)c(F)c4)CCC3C2)CC1. The summed E-state index contributed by atoms with van der Waals surface area (Å²) in [6.07, 6.45) is 16.1. The van der Waals surface area contributed by atoms with Gasteiger partial charge >= 0.3 is 6.61 Å². The zero-order valence-electron chi connectivity index (χ0n) is 18.3. The number of hydrogen-bond acceptors (Lipinski definition) is 1. The smallest absolute Gasteiger partial charge is 0.387 e. The van der Waals surface area contributed by atoms with Gasteiger partial charge in [0.2, 0.25) is 0 Å². The van der Waals surface area contributed by atoms with Gasteiger partial charge in [-0.15, -0.1) is 0 Å². The van der Waals surface area contributed by atoms with E-state index in [1.807, 2.05) is 0 Å². The molecule has 1 aromatic rings. The minimum absolute atomic E-state index is 0.349. The minimum atomic E-state index is -2.99. The Morgan fingerprint density at radius 3 is 2.27 bits per heavy atom. The summed E-state index contributed by atoms with van der Waals surface area (Å²) >= 11 is 0. The molecule has 4 rings (SSSR count). The number of benzene rings is 1. The minimum Gasteiger partial charge on any atom is -0.432 e. The number of hydrogen-bond donors (Lipinski definition) is 0. The van der Waals surface area contributed by atoms with E-state index in [1.54, 1.807) is 6.07 Å². The molecule has 3 aliphatic rings. The van der Waals surface area contributed by atoms with Gasteiger partial charge in [-0.05, 0) is 85.3 Å². The molecular formula is C26H37F3O. The van der Waals surface area contributed by atoms with Crippen molar-refractivity contribution < 1.29 is 17.9 Å². The van der Waals surface area contributed by atoms with Gasteiger partial charge in [0.1, 0.15) is 0 Å². The number of ether oxygens (including phenoxy) is 1. The second kappa shape index (κ2) is 9.96. The highest BCUT2D eigenvalue weighted by Gasteiger charge is 2.36. The lowest BCUT2D eigenvalue weighted by Gasteiger charge is -2.42. The summed E-state index contributed by atoms with van der Waals surface area (Å²) in [6, 6.07) is 4.56. The maximum atomic E-state index is 14.2. The number of halogens is 3. The van der Waals surface area contributed by atoms with Gasteiger partial charge in [0.25, 0.3) is 0 Å². The highest BCUT2D eigenvalue weighted by atomic mass is 19.3. The third kappa shape index (κ3) is 5.53. The fourth-order valence-corrected chi connectivity index (χ4v) is 6.60. The maximum absolute atomic E-state index is 14.2. The molecule has 4 heteroatoms. The second-order valence-electron chi connectivity index (χ2n) is 10.5. The van der Waals surface area contributed by atoms with Crippen molar-refractivity contribution in [1.82, 2.24) is 0 Å². The molecule has 3 saturated carbocycles. The van der Waals surface area contributed by atoms with Crippen molar-refractivity contribution in [2.75, 3.05) is 0 Å². The van der Waals surface area contributed by atoms with Crippen molar-refractivity contribution >= 4 is 0 Å². The largest absolute Gasteiger partial charge is 0.432 e.